The number of fused-ring (bicyclic) bond motifs is 2. The number of hydrogen-bond acceptors (Lipinski definition) is 10. The van der Waals surface area contributed by atoms with Crippen LogP contribution in [-0.4, -0.2) is 95.4 Å². The zero-order chi connectivity index (χ0) is 28.0. The number of hydrogen-bond donors (Lipinski definition) is 3. The number of nitrogens with one attached hydrogen (secondary N) is 1. The number of anilines is 1. The first-order valence-electron chi connectivity index (χ1n) is 13.2. The second-order valence-electron chi connectivity index (χ2n) is 10.7. The summed E-state index contributed by atoms with van der Waals surface area (Å²) in [7, 11) is 1.81. The predicted octanol–water partition coefficient (Wildman–Crippen LogP) is 0.891. The minimum absolute atomic E-state index is 0.0674. The predicted molar refractivity (Wildman–Crippen MR) is 148 cm³/mol. The van der Waals surface area contributed by atoms with Crippen LogP contribution < -0.4 is 11.1 Å². The summed E-state index contributed by atoms with van der Waals surface area (Å²) in [6, 6.07) is -0.313. The summed E-state index contributed by atoms with van der Waals surface area (Å²) < 4.78 is 2.70. The monoisotopic (exact) mass is 587 g/mol. The Labute approximate surface area is 238 Å². The van der Waals surface area contributed by atoms with Gasteiger partial charge in [-0.1, -0.05) is 5.16 Å². The van der Waals surface area contributed by atoms with Crippen molar-refractivity contribution in [2.24, 2.45) is 12.2 Å². The lowest BCUT2D eigenvalue weighted by Gasteiger charge is -2.50. The van der Waals surface area contributed by atoms with Crippen LogP contribution in [0.25, 0.3) is 0 Å². The van der Waals surface area contributed by atoms with Crippen molar-refractivity contribution in [1.29, 1.82) is 0 Å². The summed E-state index contributed by atoms with van der Waals surface area (Å²) in [5.74, 6) is -1.70. The number of thiazole rings is 1. The van der Waals surface area contributed by atoms with Gasteiger partial charge in [0.2, 0.25) is 0 Å². The van der Waals surface area contributed by atoms with Crippen LogP contribution in [0.3, 0.4) is 0 Å². The van der Waals surface area contributed by atoms with E-state index < -0.39 is 29.2 Å². The topological polar surface area (TPSA) is 165 Å². The summed E-state index contributed by atoms with van der Waals surface area (Å²) >= 11 is 2.63. The molecule has 2 amide bonds. The highest BCUT2D eigenvalue weighted by Gasteiger charge is 2.56. The van der Waals surface area contributed by atoms with Gasteiger partial charge in [0.15, 0.2) is 17.5 Å². The smallest absolute Gasteiger partial charge is 0.352 e. The number of nitrogens with zero attached hydrogens (tertiary/aromatic N) is 6. The normalized spacial score (nSPS) is 27.8. The number of aliphatic carboxylic acids is 1. The molecule has 2 aromatic heterocycles. The standard InChI is InChI=1S/C25H30N8O5S2/c1-31-13-27-8-15(31)10-38-30-18(17-12-40-25(26)28-17)21(34)29-19-22(35)32-20(24(36)37)14(11-39-23(19)32)9-33-6-2-4-16(33)5-3-7-33/h8,12-13,16,19,23H,2-7,9-11H2,1H3,(H3-,26,28,29,34,36,37)/p+1/b30-18-/t16?,19-,23-,33?/m1/s1. The maximum Gasteiger partial charge on any atom is 0.352 e. The number of amides is 2. The highest BCUT2D eigenvalue weighted by molar-refractivity contribution is 8.00. The molecular weight excluding hydrogens is 556 g/mol. The molecule has 2 aromatic rings. The number of thioether (sulfide) groups is 1. The number of carboxylic acids is 1. The molecule has 0 bridgehead atoms. The van der Waals surface area contributed by atoms with Gasteiger partial charge in [0.05, 0.1) is 37.3 Å². The number of aromatic nitrogens is 3. The Hall–Kier alpha value is -3.43. The molecule has 3 fully saturated rings. The lowest BCUT2D eigenvalue weighted by Crippen LogP contribution is -2.71. The highest BCUT2D eigenvalue weighted by atomic mass is 32.2. The lowest BCUT2D eigenvalue weighted by molar-refractivity contribution is -0.922. The molecule has 15 heteroatoms. The Kier molecular flexibility index (Phi) is 7.04. The largest absolute Gasteiger partial charge is 0.477 e. The van der Waals surface area contributed by atoms with Crippen molar-refractivity contribution in [3.8, 4) is 0 Å². The van der Waals surface area contributed by atoms with Gasteiger partial charge in [-0.3, -0.25) is 14.5 Å². The molecule has 0 spiro atoms. The van der Waals surface area contributed by atoms with E-state index in [0.29, 0.717) is 18.3 Å². The molecule has 4 N–H and O–H groups in total. The van der Waals surface area contributed by atoms with E-state index in [4.69, 9.17) is 10.6 Å². The van der Waals surface area contributed by atoms with E-state index in [1.165, 1.54) is 29.5 Å². The van der Waals surface area contributed by atoms with E-state index in [1.807, 2.05) is 7.05 Å². The molecule has 13 nitrogen and oxygen atoms in total. The molecule has 0 aliphatic carbocycles. The van der Waals surface area contributed by atoms with Gasteiger partial charge in [0.25, 0.3) is 11.8 Å². The number of carbonyl (C=O) groups excluding carboxylic acids is 2. The van der Waals surface area contributed by atoms with E-state index in [9.17, 15) is 19.5 Å². The molecule has 212 valence electrons. The first-order chi connectivity index (χ1) is 19.3. The van der Waals surface area contributed by atoms with Crippen LogP contribution in [-0.2, 0) is 32.9 Å². The first kappa shape index (κ1) is 26.8. The minimum atomic E-state index is -1.10. The molecule has 3 saturated heterocycles. The van der Waals surface area contributed by atoms with Gasteiger partial charge in [-0.25, -0.2) is 14.8 Å². The molecule has 0 aromatic carbocycles. The third-order valence-corrected chi connectivity index (χ3v) is 10.4. The number of rotatable bonds is 9. The van der Waals surface area contributed by atoms with Crippen LogP contribution in [0.2, 0.25) is 0 Å². The summed E-state index contributed by atoms with van der Waals surface area (Å²) in [4.78, 5) is 54.0. The van der Waals surface area contributed by atoms with Gasteiger partial charge in [-0.05, 0) is 0 Å². The summed E-state index contributed by atoms with van der Waals surface area (Å²) in [6.07, 6.45) is 7.93. The summed E-state index contributed by atoms with van der Waals surface area (Å²) in [5, 5.41) is 18.2. The number of imidazole rings is 1. The Balaban J connectivity index is 1.19. The number of aryl methyl sites for hydroxylation is 1. The number of oxime groups is 1. The van der Waals surface area contributed by atoms with Crippen molar-refractivity contribution in [2.75, 3.05) is 31.1 Å². The molecule has 40 heavy (non-hydrogen) atoms. The number of quaternary nitrogens is 1. The van der Waals surface area contributed by atoms with Crippen LogP contribution in [0, 0.1) is 0 Å². The number of nitrogen functional groups attached to an aromatic ring is 1. The summed E-state index contributed by atoms with van der Waals surface area (Å²) in [5.41, 5.74) is 7.50. The van der Waals surface area contributed by atoms with Gasteiger partial charge in [-0.2, -0.15) is 0 Å². The molecule has 6 heterocycles. The summed E-state index contributed by atoms with van der Waals surface area (Å²) in [6.45, 7) is 2.86. The van der Waals surface area contributed by atoms with Crippen molar-refractivity contribution in [1.82, 2.24) is 24.8 Å². The molecule has 0 saturated carbocycles. The maximum atomic E-state index is 13.3. The van der Waals surface area contributed by atoms with Gasteiger partial charge in [0.1, 0.15) is 29.4 Å². The zero-order valence-corrected chi connectivity index (χ0v) is 23.6. The van der Waals surface area contributed by atoms with Crippen molar-refractivity contribution < 1.29 is 28.8 Å². The van der Waals surface area contributed by atoms with Gasteiger partial charge in [-0.15, -0.1) is 23.1 Å². The average Bonchev–Trinajstić information content (AvgIpc) is 3.70. The Morgan fingerprint density at radius 1 is 1.32 bits per heavy atom. The highest BCUT2D eigenvalue weighted by Crippen LogP contribution is 2.43. The second kappa shape index (κ2) is 10.5. The molecule has 2 atom stereocenters. The maximum absolute atomic E-state index is 13.3. The first-order valence-corrected chi connectivity index (χ1v) is 15.1. The lowest BCUT2D eigenvalue weighted by atomic mass is 10.0. The average molecular weight is 588 g/mol. The number of carbonyl (C=O) groups is 3. The SMILES string of the molecule is Cn1cncc1CO/N=C(\C(=O)N[C@@H]1C(=O)N2C(C(=O)O)=C(C[N+]34CCCC3CCC4)CS[C@H]12)c1csc(N)n1. The third kappa shape index (κ3) is 4.65. The van der Waals surface area contributed by atoms with E-state index in [2.05, 4.69) is 20.4 Å². The van der Waals surface area contributed by atoms with Crippen LogP contribution in [0.5, 0.6) is 0 Å². The van der Waals surface area contributed by atoms with E-state index in [0.717, 1.165) is 53.0 Å². The molecule has 4 aliphatic heterocycles. The zero-order valence-electron chi connectivity index (χ0n) is 22.0. The molecular formula is C25H31N8O5S2+. The van der Waals surface area contributed by atoms with Crippen LogP contribution in [0.1, 0.15) is 37.1 Å². The Bertz CT molecular complexity index is 1410. The van der Waals surface area contributed by atoms with E-state index in [1.54, 1.807) is 22.5 Å². The molecule has 0 unspecified atom stereocenters. The van der Waals surface area contributed by atoms with E-state index >= 15 is 0 Å². The number of carboxylic acid groups (broad SMARTS) is 1. The van der Waals surface area contributed by atoms with Gasteiger partial charge >= 0.3 is 5.97 Å². The van der Waals surface area contributed by atoms with Crippen molar-refractivity contribution in [3.63, 3.8) is 0 Å². The molecule has 4 aliphatic rings. The fourth-order valence-corrected chi connectivity index (χ4v) is 8.30. The Morgan fingerprint density at radius 3 is 2.75 bits per heavy atom. The third-order valence-electron chi connectivity index (χ3n) is 8.36. The van der Waals surface area contributed by atoms with Crippen LogP contribution in [0.15, 0.2) is 34.3 Å². The fourth-order valence-electron chi connectivity index (χ4n) is 6.42. The number of β-lactam (4-membered cyclic amide) rings is 1. The molecule has 0 radical (unpaired) electrons. The van der Waals surface area contributed by atoms with Crippen LogP contribution >= 0.6 is 23.1 Å². The van der Waals surface area contributed by atoms with Gasteiger partial charge in [0, 0.05) is 49.4 Å². The van der Waals surface area contributed by atoms with Crippen molar-refractivity contribution >= 4 is 51.7 Å². The van der Waals surface area contributed by atoms with Gasteiger partial charge < -0.3 is 30.0 Å². The second-order valence-corrected chi connectivity index (χ2v) is 12.7. The fraction of sp³-hybridized carbons (Fsp3) is 0.520. The van der Waals surface area contributed by atoms with Crippen molar-refractivity contribution in [3.05, 3.63) is 40.6 Å². The van der Waals surface area contributed by atoms with Crippen LogP contribution in [0.4, 0.5) is 5.13 Å². The van der Waals surface area contributed by atoms with Crippen molar-refractivity contribution in [2.45, 2.75) is 49.7 Å². The Morgan fingerprint density at radius 2 is 2.10 bits per heavy atom. The molecule has 6 rings (SSSR count). The minimum Gasteiger partial charge on any atom is -0.477 e. The number of nitrogens with two attached hydrogens (primary N) is 1. The quantitative estimate of drug-likeness (QED) is 0.167. The van der Waals surface area contributed by atoms with E-state index in [-0.39, 0.29) is 28.8 Å².